The molecule has 1 saturated heterocycles. The molecular formula is C29H26F2N6O5S. The molecule has 222 valence electrons. The number of nitrogens with zero attached hydrogens (tertiary/aromatic N) is 5. The van der Waals surface area contributed by atoms with Crippen LogP contribution in [0.5, 0.6) is 0 Å². The van der Waals surface area contributed by atoms with Gasteiger partial charge >= 0.3 is 12.2 Å². The van der Waals surface area contributed by atoms with E-state index in [1.807, 2.05) is 6.07 Å². The van der Waals surface area contributed by atoms with Crippen molar-refractivity contribution < 1.29 is 33.0 Å². The molecule has 0 aliphatic carbocycles. The smallest absolute Gasteiger partial charge is 0.412 e. The van der Waals surface area contributed by atoms with Crippen molar-refractivity contribution in [2.75, 3.05) is 25.0 Å². The van der Waals surface area contributed by atoms with Crippen molar-refractivity contribution in [3.63, 3.8) is 0 Å². The summed E-state index contributed by atoms with van der Waals surface area (Å²) in [6, 6.07) is 5.26. The maximum atomic E-state index is 16.2. The number of fused-ring (bicyclic) bond motifs is 2. The highest BCUT2D eigenvalue weighted by Crippen LogP contribution is 2.45. The van der Waals surface area contributed by atoms with Crippen LogP contribution >= 0.6 is 11.3 Å². The topological polar surface area (TPSA) is 141 Å². The van der Waals surface area contributed by atoms with Gasteiger partial charge in [0.05, 0.1) is 33.7 Å². The van der Waals surface area contributed by atoms with E-state index in [0.717, 1.165) is 23.5 Å². The number of ether oxygens (including phenoxy) is 1. The first-order valence-electron chi connectivity index (χ1n) is 13.5. The van der Waals surface area contributed by atoms with Gasteiger partial charge in [-0.25, -0.2) is 23.4 Å². The molecular weight excluding hydrogens is 582 g/mol. The Labute approximate surface area is 247 Å². The van der Waals surface area contributed by atoms with Crippen LogP contribution in [-0.4, -0.2) is 73.8 Å². The fourth-order valence-corrected chi connectivity index (χ4v) is 6.84. The lowest BCUT2D eigenvalue weighted by molar-refractivity contribution is 0.0420. The number of piperazine rings is 1. The molecule has 4 aromatic rings. The predicted molar refractivity (Wildman–Crippen MR) is 154 cm³/mol. The molecule has 14 heteroatoms. The Hall–Kier alpha value is -4.77. The van der Waals surface area contributed by atoms with Crippen LogP contribution in [0.1, 0.15) is 43.1 Å². The highest BCUT2D eigenvalue weighted by Gasteiger charge is 2.37. The minimum absolute atomic E-state index is 0.0127. The number of amides is 3. The highest BCUT2D eigenvalue weighted by molar-refractivity contribution is 7.23. The lowest BCUT2D eigenvalue weighted by Gasteiger charge is -2.41. The Morgan fingerprint density at radius 1 is 1.19 bits per heavy atom. The van der Waals surface area contributed by atoms with Gasteiger partial charge in [-0.15, -0.1) is 11.3 Å². The van der Waals surface area contributed by atoms with Crippen molar-refractivity contribution in [3.8, 4) is 17.2 Å². The number of carbonyl (C=O) groups excluding carboxylic acids is 2. The number of carbonyl (C=O) groups is 3. The van der Waals surface area contributed by atoms with E-state index in [4.69, 9.17) is 4.74 Å². The predicted octanol–water partition coefficient (Wildman–Crippen LogP) is 5.62. The van der Waals surface area contributed by atoms with E-state index in [9.17, 15) is 24.8 Å². The average Bonchev–Trinajstić information content (AvgIpc) is 3.51. The molecule has 0 spiro atoms. The van der Waals surface area contributed by atoms with Gasteiger partial charge in [0.15, 0.2) is 0 Å². The van der Waals surface area contributed by atoms with E-state index >= 15 is 8.78 Å². The summed E-state index contributed by atoms with van der Waals surface area (Å²) in [7, 11) is 0. The molecule has 2 N–H and O–H groups in total. The lowest BCUT2D eigenvalue weighted by atomic mass is 9.94. The van der Waals surface area contributed by atoms with E-state index in [-0.39, 0.29) is 68.5 Å². The number of nitriles is 1. The molecule has 2 aliphatic heterocycles. The van der Waals surface area contributed by atoms with E-state index in [1.54, 1.807) is 30.2 Å². The standard InChI is InChI=1S/C29H26F2N6O5S/c1-29(2,3)42-27(39)34-25-17(11-32)20-15(4-5-18(30)24(20)43-25)21-19(31)10-16-23-22(21)33-13-36(23)7-6-14-12-35(28(40)41)8-9-37(14)26(16)38/h4-5,10,13-14H,6-9,12H2,1-3H3,(H,34,39)(H,40,41). The lowest BCUT2D eigenvalue weighted by Crippen LogP contribution is -2.57. The number of hydrogen-bond acceptors (Lipinski definition) is 7. The maximum absolute atomic E-state index is 16.2. The Balaban J connectivity index is 1.50. The SMILES string of the molecule is CC(C)(C)OC(=O)Nc1sc2c(F)ccc(-c3c(F)cc4c5c3ncn5CCC3CN(C(=O)O)CCN3C4=O)c2c1C#N. The molecule has 1 fully saturated rings. The fourth-order valence-electron chi connectivity index (χ4n) is 5.77. The summed E-state index contributed by atoms with van der Waals surface area (Å²) >= 11 is 0.831. The summed E-state index contributed by atoms with van der Waals surface area (Å²) in [6.45, 7) is 5.88. The van der Waals surface area contributed by atoms with Gasteiger partial charge in [-0.2, -0.15) is 5.26 Å². The monoisotopic (exact) mass is 608 g/mol. The Morgan fingerprint density at radius 2 is 1.95 bits per heavy atom. The van der Waals surface area contributed by atoms with E-state index in [1.165, 1.54) is 17.3 Å². The summed E-state index contributed by atoms with van der Waals surface area (Å²) in [6.07, 6.45) is 0.0593. The molecule has 1 unspecified atom stereocenters. The van der Waals surface area contributed by atoms with E-state index < -0.39 is 35.3 Å². The number of thiophene rings is 1. The van der Waals surface area contributed by atoms with Crippen LogP contribution in [0.15, 0.2) is 24.5 Å². The number of benzene rings is 2. The molecule has 0 bridgehead atoms. The molecule has 1 atom stereocenters. The summed E-state index contributed by atoms with van der Waals surface area (Å²) in [5.41, 5.74) is -0.0799. The average molecular weight is 609 g/mol. The van der Waals surface area contributed by atoms with Gasteiger partial charge in [0.2, 0.25) is 0 Å². The largest absolute Gasteiger partial charge is 0.465 e. The van der Waals surface area contributed by atoms with Gasteiger partial charge in [0.25, 0.3) is 5.91 Å². The molecule has 2 aromatic heterocycles. The molecule has 3 amide bonds. The minimum Gasteiger partial charge on any atom is -0.465 e. The van der Waals surface area contributed by atoms with Gasteiger partial charge in [0.1, 0.15) is 33.8 Å². The van der Waals surface area contributed by atoms with Crippen molar-refractivity contribution in [1.82, 2.24) is 19.4 Å². The van der Waals surface area contributed by atoms with Crippen LogP contribution in [0.4, 0.5) is 23.4 Å². The van der Waals surface area contributed by atoms with Gasteiger partial charge in [-0.3, -0.25) is 10.1 Å². The maximum Gasteiger partial charge on any atom is 0.412 e. The second kappa shape index (κ2) is 10.2. The van der Waals surface area contributed by atoms with Gasteiger partial charge in [0, 0.05) is 37.1 Å². The number of carboxylic acid groups (broad SMARTS) is 1. The first-order valence-corrected chi connectivity index (χ1v) is 14.3. The van der Waals surface area contributed by atoms with Crippen LogP contribution < -0.4 is 5.32 Å². The van der Waals surface area contributed by atoms with Crippen LogP contribution in [0.2, 0.25) is 0 Å². The zero-order valence-electron chi connectivity index (χ0n) is 23.4. The summed E-state index contributed by atoms with van der Waals surface area (Å²) in [4.78, 5) is 45.1. The molecule has 2 aromatic carbocycles. The fraction of sp³-hybridized carbons (Fsp3) is 0.345. The highest BCUT2D eigenvalue weighted by atomic mass is 32.1. The number of aromatic nitrogens is 2. The third-order valence-electron chi connectivity index (χ3n) is 7.57. The van der Waals surface area contributed by atoms with Crippen LogP contribution in [0, 0.1) is 23.0 Å². The number of hydrogen-bond donors (Lipinski definition) is 2. The zero-order valence-corrected chi connectivity index (χ0v) is 24.2. The number of imidazole rings is 1. The van der Waals surface area contributed by atoms with Crippen LogP contribution in [0.3, 0.4) is 0 Å². The van der Waals surface area contributed by atoms with Crippen molar-refractivity contribution in [3.05, 3.63) is 47.3 Å². The second-order valence-electron chi connectivity index (χ2n) is 11.4. The Bertz CT molecular complexity index is 1890. The second-order valence-corrected chi connectivity index (χ2v) is 12.5. The minimum atomic E-state index is -1.06. The van der Waals surface area contributed by atoms with Crippen LogP contribution in [0.25, 0.3) is 32.2 Å². The molecule has 6 rings (SSSR count). The molecule has 4 heterocycles. The number of nitrogens with one attached hydrogen (secondary N) is 1. The van der Waals surface area contributed by atoms with Crippen molar-refractivity contribution in [2.24, 2.45) is 0 Å². The van der Waals surface area contributed by atoms with Crippen LogP contribution in [-0.2, 0) is 11.3 Å². The number of aryl methyl sites for hydroxylation is 1. The first kappa shape index (κ1) is 28.4. The Morgan fingerprint density at radius 3 is 2.65 bits per heavy atom. The van der Waals surface area contributed by atoms with Crippen molar-refractivity contribution in [2.45, 2.75) is 45.4 Å². The van der Waals surface area contributed by atoms with Crippen molar-refractivity contribution in [1.29, 1.82) is 5.26 Å². The van der Waals surface area contributed by atoms with E-state index in [2.05, 4.69) is 10.3 Å². The van der Waals surface area contributed by atoms with E-state index in [0.29, 0.717) is 18.5 Å². The van der Waals surface area contributed by atoms with Gasteiger partial charge < -0.3 is 24.2 Å². The molecule has 2 aliphatic rings. The third-order valence-corrected chi connectivity index (χ3v) is 8.69. The quantitative estimate of drug-likeness (QED) is 0.301. The zero-order chi connectivity index (χ0) is 30.8. The molecule has 0 radical (unpaired) electrons. The number of rotatable bonds is 2. The Kier molecular flexibility index (Phi) is 6.72. The van der Waals surface area contributed by atoms with Gasteiger partial charge in [-0.05, 0) is 44.9 Å². The summed E-state index contributed by atoms with van der Waals surface area (Å²) in [5.74, 6) is -1.90. The summed E-state index contributed by atoms with van der Waals surface area (Å²) < 4.78 is 38.4. The summed E-state index contributed by atoms with van der Waals surface area (Å²) in [5, 5.41) is 22.2. The molecule has 0 saturated carbocycles. The molecule has 11 nitrogen and oxygen atoms in total. The first-order chi connectivity index (χ1) is 20.4. The number of halogens is 2. The molecule has 43 heavy (non-hydrogen) atoms. The van der Waals surface area contributed by atoms with Crippen molar-refractivity contribution >= 4 is 55.6 Å². The third kappa shape index (κ3) is 4.79. The van der Waals surface area contributed by atoms with Gasteiger partial charge in [-0.1, -0.05) is 6.07 Å². The normalized spacial score (nSPS) is 16.9. The number of anilines is 1.